The molecule has 2 N–H and O–H groups in total. The predicted octanol–water partition coefficient (Wildman–Crippen LogP) is 4.79. The van der Waals surface area contributed by atoms with Crippen LogP contribution in [0.1, 0.15) is 37.4 Å². The molecule has 8 heteroatoms. The van der Waals surface area contributed by atoms with Crippen LogP contribution in [0.5, 0.6) is 11.5 Å². The van der Waals surface area contributed by atoms with Gasteiger partial charge in [-0.3, -0.25) is 4.79 Å². The van der Waals surface area contributed by atoms with Gasteiger partial charge < -0.3 is 20.1 Å². The van der Waals surface area contributed by atoms with Crippen molar-refractivity contribution in [1.82, 2.24) is 5.32 Å². The lowest BCUT2D eigenvalue weighted by Crippen LogP contribution is -2.32. The van der Waals surface area contributed by atoms with E-state index in [0.29, 0.717) is 18.1 Å². The lowest BCUT2D eigenvalue weighted by molar-refractivity contribution is -0.137. The van der Waals surface area contributed by atoms with Crippen LogP contribution in [0.25, 0.3) is 0 Å². The molecule has 0 fully saturated rings. The summed E-state index contributed by atoms with van der Waals surface area (Å²) in [6.07, 6.45) is -3.56. The molecule has 0 aliphatic rings. The molecule has 2 aromatic rings. The molecule has 5 nitrogen and oxygen atoms in total. The highest BCUT2D eigenvalue weighted by atomic mass is 19.4. The molecular weight excluding hydrogens is 385 g/mol. The van der Waals surface area contributed by atoms with Crippen molar-refractivity contribution in [2.45, 2.75) is 32.5 Å². The summed E-state index contributed by atoms with van der Waals surface area (Å²) in [7, 11) is 1.54. The Kier molecular flexibility index (Phi) is 7.75. The number of amides is 1. The second-order valence-electron chi connectivity index (χ2n) is 6.48. The van der Waals surface area contributed by atoms with Gasteiger partial charge in [-0.05, 0) is 49.2 Å². The third-order valence-electron chi connectivity index (χ3n) is 4.17. The van der Waals surface area contributed by atoms with E-state index in [4.69, 9.17) is 9.47 Å². The summed E-state index contributed by atoms with van der Waals surface area (Å²) >= 11 is 0. The summed E-state index contributed by atoms with van der Waals surface area (Å²) in [5, 5.41) is 5.52. The lowest BCUT2D eigenvalue weighted by Gasteiger charge is -2.17. The first-order valence-electron chi connectivity index (χ1n) is 9.25. The van der Waals surface area contributed by atoms with Crippen LogP contribution < -0.4 is 20.1 Å². The van der Waals surface area contributed by atoms with E-state index < -0.39 is 11.7 Å². The monoisotopic (exact) mass is 410 g/mol. The van der Waals surface area contributed by atoms with Gasteiger partial charge in [0.25, 0.3) is 0 Å². The van der Waals surface area contributed by atoms with Gasteiger partial charge in [0.15, 0.2) is 11.5 Å². The van der Waals surface area contributed by atoms with Gasteiger partial charge in [0.2, 0.25) is 5.91 Å². The number of halogens is 3. The van der Waals surface area contributed by atoms with Crippen LogP contribution >= 0.6 is 0 Å². The Bertz CT molecular complexity index is 825. The molecule has 1 amide bonds. The Hall–Kier alpha value is -2.90. The Morgan fingerprint density at radius 3 is 2.55 bits per heavy atom. The van der Waals surface area contributed by atoms with Gasteiger partial charge in [-0.25, -0.2) is 0 Å². The zero-order valence-corrected chi connectivity index (χ0v) is 16.6. The molecule has 158 valence electrons. The van der Waals surface area contributed by atoms with Crippen molar-refractivity contribution in [2.24, 2.45) is 0 Å². The van der Waals surface area contributed by atoms with Gasteiger partial charge in [-0.15, -0.1) is 0 Å². The summed E-state index contributed by atoms with van der Waals surface area (Å²) in [6, 6.07) is 9.80. The largest absolute Gasteiger partial charge is 0.493 e. The summed E-state index contributed by atoms with van der Waals surface area (Å²) < 4.78 is 49.2. The summed E-state index contributed by atoms with van der Waals surface area (Å²) in [5.74, 6) is 0.849. The van der Waals surface area contributed by atoms with Crippen LogP contribution in [0.15, 0.2) is 42.5 Å². The van der Waals surface area contributed by atoms with Crippen molar-refractivity contribution in [1.29, 1.82) is 0 Å². The standard InChI is InChI=1S/C21H25F3N2O3/c1-4-10-29-18-9-8-15(11-19(18)28-3)14(2)26-20(27)13-25-17-7-5-6-16(12-17)21(22,23)24/h5-9,11-12,14,25H,4,10,13H2,1-3H3,(H,26,27). The first-order chi connectivity index (χ1) is 13.7. The molecule has 0 radical (unpaired) electrons. The number of ether oxygens (including phenoxy) is 2. The second-order valence-corrected chi connectivity index (χ2v) is 6.48. The van der Waals surface area contributed by atoms with Crippen LogP contribution in [0.2, 0.25) is 0 Å². The number of rotatable bonds is 9. The number of carbonyl (C=O) groups is 1. The second kappa shape index (κ2) is 10.0. The van der Waals surface area contributed by atoms with E-state index in [9.17, 15) is 18.0 Å². The average molecular weight is 410 g/mol. The van der Waals surface area contributed by atoms with Crippen LogP contribution in [0, 0.1) is 0 Å². The molecule has 0 bridgehead atoms. The maximum Gasteiger partial charge on any atom is 0.416 e. The summed E-state index contributed by atoms with van der Waals surface area (Å²) in [5.41, 5.74) is 0.272. The molecule has 1 atom stereocenters. The van der Waals surface area contributed by atoms with Crippen molar-refractivity contribution in [3.8, 4) is 11.5 Å². The fraction of sp³-hybridized carbons (Fsp3) is 0.381. The van der Waals surface area contributed by atoms with E-state index in [1.807, 2.05) is 19.9 Å². The normalized spacial score (nSPS) is 12.2. The highest BCUT2D eigenvalue weighted by Gasteiger charge is 2.30. The fourth-order valence-electron chi connectivity index (χ4n) is 2.65. The number of benzene rings is 2. The fourth-order valence-corrected chi connectivity index (χ4v) is 2.65. The highest BCUT2D eigenvalue weighted by Crippen LogP contribution is 2.31. The molecule has 0 aromatic heterocycles. The lowest BCUT2D eigenvalue weighted by atomic mass is 10.1. The van der Waals surface area contributed by atoms with Crippen molar-refractivity contribution < 1.29 is 27.4 Å². The molecular formula is C21H25F3N2O3. The number of methoxy groups -OCH3 is 1. The molecule has 0 heterocycles. The topological polar surface area (TPSA) is 59.6 Å². The van der Waals surface area contributed by atoms with E-state index in [2.05, 4.69) is 10.6 Å². The Morgan fingerprint density at radius 2 is 1.90 bits per heavy atom. The first kappa shape index (κ1) is 22.4. The van der Waals surface area contributed by atoms with Crippen LogP contribution in [0.3, 0.4) is 0 Å². The van der Waals surface area contributed by atoms with Gasteiger partial charge in [0.05, 0.1) is 31.9 Å². The van der Waals surface area contributed by atoms with E-state index in [1.54, 1.807) is 19.2 Å². The Labute approximate surface area is 168 Å². The summed E-state index contributed by atoms with van der Waals surface area (Å²) in [4.78, 5) is 12.2. The predicted molar refractivity (Wildman–Crippen MR) is 105 cm³/mol. The Morgan fingerprint density at radius 1 is 1.14 bits per heavy atom. The minimum absolute atomic E-state index is 0.152. The van der Waals surface area contributed by atoms with Crippen LogP contribution in [-0.4, -0.2) is 26.2 Å². The van der Waals surface area contributed by atoms with E-state index in [1.165, 1.54) is 12.1 Å². The third-order valence-corrected chi connectivity index (χ3v) is 4.17. The molecule has 1 unspecified atom stereocenters. The van der Waals surface area contributed by atoms with Crippen molar-refractivity contribution in [2.75, 3.05) is 25.6 Å². The first-order valence-corrected chi connectivity index (χ1v) is 9.25. The van der Waals surface area contributed by atoms with Crippen molar-refractivity contribution in [3.05, 3.63) is 53.6 Å². The van der Waals surface area contributed by atoms with E-state index in [0.717, 1.165) is 24.1 Å². The minimum Gasteiger partial charge on any atom is -0.493 e. The molecule has 0 saturated heterocycles. The molecule has 0 spiro atoms. The SMILES string of the molecule is CCCOc1ccc(C(C)NC(=O)CNc2cccc(C(F)(F)F)c2)cc1OC. The summed E-state index contributed by atoms with van der Waals surface area (Å²) in [6.45, 7) is 4.24. The zero-order valence-electron chi connectivity index (χ0n) is 16.6. The molecule has 0 aliphatic carbocycles. The minimum atomic E-state index is -4.43. The number of nitrogens with one attached hydrogen (secondary N) is 2. The van der Waals surface area contributed by atoms with E-state index in [-0.39, 0.29) is 24.2 Å². The number of carbonyl (C=O) groups excluding carboxylic acids is 1. The van der Waals surface area contributed by atoms with Gasteiger partial charge >= 0.3 is 6.18 Å². The molecule has 2 rings (SSSR count). The van der Waals surface area contributed by atoms with Gasteiger partial charge in [0.1, 0.15) is 0 Å². The third kappa shape index (κ3) is 6.58. The van der Waals surface area contributed by atoms with Gasteiger partial charge in [-0.2, -0.15) is 13.2 Å². The van der Waals surface area contributed by atoms with Crippen molar-refractivity contribution in [3.63, 3.8) is 0 Å². The van der Waals surface area contributed by atoms with Crippen LogP contribution in [-0.2, 0) is 11.0 Å². The Balaban J connectivity index is 1.95. The number of hydrogen-bond acceptors (Lipinski definition) is 4. The smallest absolute Gasteiger partial charge is 0.416 e. The molecule has 0 saturated carbocycles. The average Bonchev–Trinajstić information content (AvgIpc) is 2.70. The molecule has 0 aliphatic heterocycles. The number of alkyl halides is 3. The molecule has 29 heavy (non-hydrogen) atoms. The quantitative estimate of drug-likeness (QED) is 0.624. The van der Waals surface area contributed by atoms with Gasteiger partial charge in [-0.1, -0.05) is 19.1 Å². The van der Waals surface area contributed by atoms with Crippen LogP contribution in [0.4, 0.5) is 18.9 Å². The maximum absolute atomic E-state index is 12.8. The zero-order chi connectivity index (χ0) is 21.4. The van der Waals surface area contributed by atoms with E-state index >= 15 is 0 Å². The van der Waals surface area contributed by atoms with Crippen molar-refractivity contribution >= 4 is 11.6 Å². The maximum atomic E-state index is 12.8. The molecule has 2 aromatic carbocycles. The number of hydrogen-bond donors (Lipinski definition) is 2. The number of anilines is 1. The highest BCUT2D eigenvalue weighted by molar-refractivity contribution is 5.81. The van der Waals surface area contributed by atoms with Gasteiger partial charge in [0, 0.05) is 5.69 Å².